The van der Waals surface area contributed by atoms with Crippen LogP contribution >= 0.6 is 11.3 Å². The van der Waals surface area contributed by atoms with Crippen LogP contribution < -0.4 is 15.6 Å². The highest BCUT2D eigenvalue weighted by atomic mass is 32.2. The Morgan fingerprint density at radius 2 is 1.77 bits per heavy atom. The molecule has 0 bridgehead atoms. The SMILES string of the molecule is CC(=O)NCc1ccc(S(=O)(=O)NNC(=O)c2cc(C)n(-c3ccccc3)c2C)s1. The summed E-state index contributed by atoms with van der Waals surface area (Å²) < 4.78 is 26.9. The summed E-state index contributed by atoms with van der Waals surface area (Å²) in [5.41, 5.74) is 5.12. The first kappa shape index (κ1) is 21.8. The molecule has 158 valence electrons. The zero-order valence-corrected chi connectivity index (χ0v) is 18.4. The van der Waals surface area contributed by atoms with Gasteiger partial charge in [-0.25, -0.2) is 8.42 Å². The van der Waals surface area contributed by atoms with Gasteiger partial charge in [0.05, 0.1) is 12.1 Å². The quantitative estimate of drug-likeness (QED) is 0.484. The van der Waals surface area contributed by atoms with Gasteiger partial charge >= 0.3 is 0 Å². The zero-order valence-electron chi connectivity index (χ0n) is 16.7. The molecule has 0 atom stereocenters. The van der Waals surface area contributed by atoms with Crippen LogP contribution in [-0.4, -0.2) is 24.8 Å². The zero-order chi connectivity index (χ0) is 21.9. The number of sulfonamides is 1. The predicted molar refractivity (Wildman–Crippen MR) is 115 cm³/mol. The van der Waals surface area contributed by atoms with Gasteiger partial charge in [0.15, 0.2) is 0 Å². The number of carbonyl (C=O) groups excluding carboxylic acids is 2. The lowest BCUT2D eigenvalue weighted by atomic mass is 10.2. The number of aryl methyl sites for hydroxylation is 1. The Bertz CT molecular complexity index is 1180. The van der Waals surface area contributed by atoms with E-state index in [1.807, 2.05) is 41.8 Å². The van der Waals surface area contributed by atoms with E-state index in [2.05, 4.69) is 15.6 Å². The first-order valence-electron chi connectivity index (χ1n) is 9.08. The summed E-state index contributed by atoms with van der Waals surface area (Å²) in [4.78, 5) is 26.4. The first-order valence-corrected chi connectivity index (χ1v) is 11.4. The summed E-state index contributed by atoms with van der Waals surface area (Å²) in [5, 5.41) is 2.61. The number of nitrogens with zero attached hydrogens (tertiary/aromatic N) is 1. The highest BCUT2D eigenvalue weighted by molar-refractivity contribution is 7.91. The number of hydrogen-bond donors (Lipinski definition) is 3. The smallest absolute Gasteiger partial charge is 0.268 e. The van der Waals surface area contributed by atoms with Crippen LogP contribution in [0.1, 0.15) is 33.5 Å². The standard InChI is InChI=1S/C20H22N4O4S2/c1-13-11-18(14(2)24(13)16-7-5-4-6-8-16)20(26)22-23-30(27,28)19-10-9-17(29-19)12-21-15(3)25/h4-11,23H,12H2,1-3H3,(H,21,25)(H,22,26). The lowest BCUT2D eigenvalue weighted by Crippen LogP contribution is -2.41. The molecule has 3 N–H and O–H groups in total. The molecule has 0 aliphatic heterocycles. The number of para-hydroxylation sites is 1. The van der Waals surface area contributed by atoms with E-state index < -0.39 is 15.9 Å². The lowest BCUT2D eigenvalue weighted by molar-refractivity contribution is -0.119. The van der Waals surface area contributed by atoms with E-state index in [0.717, 1.165) is 22.7 Å². The molecular weight excluding hydrogens is 424 g/mol. The predicted octanol–water partition coefficient (Wildman–Crippen LogP) is 2.42. The van der Waals surface area contributed by atoms with E-state index in [4.69, 9.17) is 0 Å². The van der Waals surface area contributed by atoms with Crippen molar-refractivity contribution in [1.29, 1.82) is 0 Å². The molecule has 3 rings (SSSR count). The molecule has 0 spiro atoms. The normalized spacial score (nSPS) is 11.3. The fraction of sp³-hybridized carbons (Fsp3) is 0.200. The highest BCUT2D eigenvalue weighted by Crippen LogP contribution is 2.22. The molecule has 2 aromatic heterocycles. The number of hydrazine groups is 1. The van der Waals surface area contributed by atoms with Crippen molar-refractivity contribution in [2.75, 3.05) is 0 Å². The van der Waals surface area contributed by atoms with E-state index in [1.54, 1.807) is 19.1 Å². The number of thiophene rings is 1. The van der Waals surface area contributed by atoms with Crippen LogP contribution in [-0.2, 0) is 21.4 Å². The molecule has 0 radical (unpaired) electrons. The third kappa shape index (κ3) is 4.78. The number of amides is 2. The van der Waals surface area contributed by atoms with Gasteiger partial charge in [0.25, 0.3) is 15.9 Å². The number of aromatic nitrogens is 1. The largest absolute Gasteiger partial charge is 0.351 e. The molecule has 2 heterocycles. The fourth-order valence-corrected chi connectivity index (χ4v) is 5.14. The summed E-state index contributed by atoms with van der Waals surface area (Å²) in [7, 11) is -3.93. The van der Waals surface area contributed by atoms with Crippen molar-refractivity contribution in [2.45, 2.75) is 31.5 Å². The van der Waals surface area contributed by atoms with Crippen molar-refractivity contribution in [1.82, 2.24) is 20.1 Å². The number of hydrogen-bond acceptors (Lipinski definition) is 5. The maximum Gasteiger partial charge on any atom is 0.268 e. The van der Waals surface area contributed by atoms with Gasteiger partial charge in [-0.15, -0.1) is 16.2 Å². The van der Waals surface area contributed by atoms with E-state index in [0.29, 0.717) is 16.1 Å². The van der Waals surface area contributed by atoms with Crippen LogP contribution in [0.15, 0.2) is 52.7 Å². The molecule has 0 saturated heterocycles. The molecule has 3 aromatic rings. The first-order chi connectivity index (χ1) is 14.2. The molecule has 10 heteroatoms. The summed E-state index contributed by atoms with van der Waals surface area (Å²) in [5.74, 6) is -0.754. The molecule has 30 heavy (non-hydrogen) atoms. The van der Waals surface area contributed by atoms with Crippen molar-refractivity contribution in [2.24, 2.45) is 0 Å². The molecule has 1 aromatic carbocycles. The molecule has 0 saturated carbocycles. The van der Waals surface area contributed by atoms with Gasteiger partial charge in [-0.2, -0.15) is 0 Å². The van der Waals surface area contributed by atoms with Crippen LogP contribution in [0.25, 0.3) is 5.69 Å². The molecular formula is C20H22N4O4S2. The van der Waals surface area contributed by atoms with Gasteiger partial charge in [-0.1, -0.05) is 18.2 Å². The van der Waals surface area contributed by atoms with Gasteiger partial charge in [-0.05, 0) is 44.2 Å². The minimum atomic E-state index is -3.93. The van der Waals surface area contributed by atoms with Crippen LogP contribution in [0.3, 0.4) is 0 Å². The number of rotatable bonds is 7. The monoisotopic (exact) mass is 446 g/mol. The molecule has 0 unspecified atom stereocenters. The number of nitrogens with one attached hydrogen (secondary N) is 3. The third-order valence-corrected chi connectivity index (χ3v) is 7.23. The van der Waals surface area contributed by atoms with Crippen molar-refractivity contribution in [3.05, 3.63) is 70.4 Å². The van der Waals surface area contributed by atoms with Gasteiger partial charge in [0.2, 0.25) is 5.91 Å². The van der Waals surface area contributed by atoms with Crippen molar-refractivity contribution >= 4 is 33.2 Å². The van der Waals surface area contributed by atoms with Crippen molar-refractivity contribution < 1.29 is 18.0 Å². The molecule has 0 fully saturated rings. The molecule has 0 aliphatic rings. The summed E-state index contributed by atoms with van der Waals surface area (Å²) in [6, 6.07) is 14.3. The maximum absolute atomic E-state index is 12.6. The Morgan fingerprint density at radius 3 is 2.43 bits per heavy atom. The summed E-state index contributed by atoms with van der Waals surface area (Å²) in [6.07, 6.45) is 0. The Hall–Kier alpha value is -2.95. The Morgan fingerprint density at radius 1 is 1.07 bits per heavy atom. The van der Waals surface area contributed by atoms with Crippen molar-refractivity contribution in [3.8, 4) is 5.69 Å². The van der Waals surface area contributed by atoms with E-state index in [-0.39, 0.29) is 16.7 Å². The summed E-state index contributed by atoms with van der Waals surface area (Å²) in [6.45, 7) is 5.31. The Labute approximate surface area is 178 Å². The second-order valence-electron chi connectivity index (χ2n) is 6.65. The molecule has 2 amide bonds. The van der Waals surface area contributed by atoms with Crippen LogP contribution in [0.5, 0.6) is 0 Å². The Kier molecular flexibility index (Phi) is 6.40. The second-order valence-corrected chi connectivity index (χ2v) is 9.72. The van der Waals surface area contributed by atoms with Gasteiger partial charge in [0, 0.05) is 28.9 Å². The molecule has 8 nitrogen and oxygen atoms in total. The average Bonchev–Trinajstić information content (AvgIpc) is 3.30. The van der Waals surface area contributed by atoms with Gasteiger partial charge in [0.1, 0.15) is 4.21 Å². The van der Waals surface area contributed by atoms with Crippen LogP contribution in [0, 0.1) is 13.8 Å². The summed E-state index contributed by atoms with van der Waals surface area (Å²) >= 11 is 1.02. The average molecular weight is 447 g/mol. The lowest BCUT2D eigenvalue weighted by Gasteiger charge is -2.10. The second kappa shape index (κ2) is 8.82. The van der Waals surface area contributed by atoms with E-state index >= 15 is 0 Å². The van der Waals surface area contributed by atoms with E-state index in [1.165, 1.54) is 13.0 Å². The Balaban J connectivity index is 1.72. The fourth-order valence-electron chi connectivity index (χ4n) is 3.01. The third-order valence-electron chi connectivity index (χ3n) is 4.40. The van der Waals surface area contributed by atoms with Gasteiger partial charge < -0.3 is 9.88 Å². The van der Waals surface area contributed by atoms with Gasteiger partial charge in [-0.3, -0.25) is 15.0 Å². The highest BCUT2D eigenvalue weighted by Gasteiger charge is 2.21. The number of carbonyl (C=O) groups is 2. The minimum Gasteiger partial charge on any atom is -0.351 e. The topological polar surface area (TPSA) is 109 Å². The number of benzene rings is 1. The molecule has 0 aliphatic carbocycles. The van der Waals surface area contributed by atoms with E-state index in [9.17, 15) is 18.0 Å². The maximum atomic E-state index is 12.6. The van der Waals surface area contributed by atoms with Crippen LogP contribution in [0.2, 0.25) is 0 Å². The minimum absolute atomic E-state index is 0.0397. The van der Waals surface area contributed by atoms with Crippen LogP contribution in [0.4, 0.5) is 0 Å². The van der Waals surface area contributed by atoms with Crippen molar-refractivity contribution in [3.63, 3.8) is 0 Å².